The number of carbonyl (C=O) groups is 1. The SMILES string of the molecule is CC(C)Oc1cc(Cl)c(N2C(=O)C=C(c3ccccc3)S2(=O)=O)cc1Cl. The molecule has 0 saturated carbocycles. The van der Waals surface area contributed by atoms with Crippen LogP contribution in [0, 0.1) is 0 Å². The van der Waals surface area contributed by atoms with Gasteiger partial charge >= 0.3 is 0 Å². The molecule has 0 unspecified atom stereocenters. The molecule has 1 aliphatic heterocycles. The predicted molar refractivity (Wildman–Crippen MR) is 103 cm³/mol. The molecule has 1 amide bonds. The Morgan fingerprint density at radius 1 is 1.04 bits per heavy atom. The number of carbonyl (C=O) groups excluding carboxylic acids is 1. The Morgan fingerprint density at radius 2 is 1.69 bits per heavy atom. The Kier molecular flexibility index (Phi) is 5.01. The van der Waals surface area contributed by atoms with Crippen molar-refractivity contribution in [2.24, 2.45) is 0 Å². The van der Waals surface area contributed by atoms with Gasteiger partial charge in [0.15, 0.2) is 0 Å². The summed E-state index contributed by atoms with van der Waals surface area (Å²) in [5, 5.41) is 0.207. The van der Waals surface area contributed by atoms with Crippen LogP contribution in [-0.2, 0) is 14.8 Å². The first-order valence-corrected chi connectivity index (χ1v) is 9.93. The number of ether oxygens (including phenoxy) is 1. The van der Waals surface area contributed by atoms with E-state index in [1.165, 1.54) is 12.1 Å². The highest BCUT2D eigenvalue weighted by atomic mass is 35.5. The van der Waals surface area contributed by atoms with Crippen molar-refractivity contribution in [2.75, 3.05) is 4.31 Å². The number of hydrogen-bond donors (Lipinski definition) is 0. The van der Waals surface area contributed by atoms with Gasteiger partial charge in [0.25, 0.3) is 15.9 Å². The highest BCUT2D eigenvalue weighted by Crippen LogP contribution is 2.42. The summed E-state index contributed by atoms with van der Waals surface area (Å²) in [7, 11) is -4.10. The molecule has 0 radical (unpaired) electrons. The molecule has 136 valence electrons. The third-order valence-electron chi connectivity index (χ3n) is 3.61. The lowest BCUT2D eigenvalue weighted by atomic mass is 10.2. The molecule has 0 fully saturated rings. The molecule has 0 aromatic heterocycles. The number of sulfonamides is 1. The molecular weight excluding hydrogens is 397 g/mol. The van der Waals surface area contributed by atoms with E-state index in [1.807, 2.05) is 13.8 Å². The monoisotopic (exact) mass is 411 g/mol. The quantitative estimate of drug-likeness (QED) is 0.742. The van der Waals surface area contributed by atoms with Gasteiger partial charge in [-0.3, -0.25) is 4.79 Å². The van der Waals surface area contributed by atoms with E-state index in [0.717, 1.165) is 6.08 Å². The van der Waals surface area contributed by atoms with Gasteiger partial charge in [0.1, 0.15) is 10.7 Å². The fraction of sp³-hybridized carbons (Fsp3) is 0.167. The van der Waals surface area contributed by atoms with E-state index >= 15 is 0 Å². The molecule has 1 heterocycles. The lowest BCUT2D eigenvalue weighted by Crippen LogP contribution is -2.30. The van der Waals surface area contributed by atoms with Crippen LogP contribution in [0.1, 0.15) is 19.4 Å². The standard InChI is InChI=1S/C18H15Cl2NO4S/c1-11(2)25-16-9-13(19)15(8-14(16)20)21-18(22)10-17(26(21,23)24)12-6-4-3-5-7-12/h3-11H,1-2H3. The van der Waals surface area contributed by atoms with Gasteiger partial charge in [-0.15, -0.1) is 0 Å². The van der Waals surface area contributed by atoms with Crippen molar-refractivity contribution < 1.29 is 17.9 Å². The maximum absolute atomic E-state index is 12.9. The third kappa shape index (κ3) is 3.32. The third-order valence-corrected chi connectivity index (χ3v) is 5.98. The first-order valence-electron chi connectivity index (χ1n) is 7.74. The molecule has 26 heavy (non-hydrogen) atoms. The van der Waals surface area contributed by atoms with Crippen LogP contribution in [0.5, 0.6) is 5.75 Å². The van der Waals surface area contributed by atoms with Crippen LogP contribution >= 0.6 is 23.2 Å². The number of anilines is 1. The van der Waals surface area contributed by atoms with Gasteiger partial charge in [-0.25, -0.2) is 8.42 Å². The Morgan fingerprint density at radius 3 is 2.31 bits per heavy atom. The number of nitrogens with zero attached hydrogens (tertiary/aromatic N) is 1. The summed E-state index contributed by atoms with van der Waals surface area (Å²) in [5.74, 6) is -0.393. The van der Waals surface area contributed by atoms with E-state index in [4.69, 9.17) is 27.9 Å². The van der Waals surface area contributed by atoms with Crippen molar-refractivity contribution in [1.82, 2.24) is 0 Å². The smallest absolute Gasteiger partial charge is 0.272 e. The second kappa shape index (κ2) is 6.95. The molecular formula is C18H15Cl2NO4S. The van der Waals surface area contributed by atoms with Crippen LogP contribution in [0.2, 0.25) is 10.0 Å². The van der Waals surface area contributed by atoms with E-state index in [1.54, 1.807) is 30.3 Å². The number of amides is 1. The van der Waals surface area contributed by atoms with Gasteiger partial charge in [0.05, 0.1) is 21.8 Å². The summed E-state index contributed by atoms with van der Waals surface area (Å²) in [6.45, 7) is 3.64. The minimum atomic E-state index is -4.10. The molecule has 2 aromatic rings. The lowest BCUT2D eigenvalue weighted by Gasteiger charge is -2.20. The fourth-order valence-electron chi connectivity index (χ4n) is 2.56. The van der Waals surface area contributed by atoms with Crippen molar-refractivity contribution >= 4 is 49.7 Å². The summed E-state index contributed by atoms with van der Waals surface area (Å²) in [4.78, 5) is 12.4. The normalized spacial score (nSPS) is 16.1. The van der Waals surface area contributed by atoms with Crippen molar-refractivity contribution in [3.63, 3.8) is 0 Å². The van der Waals surface area contributed by atoms with Crippen LogP contribution in [0.3, 0.4) is 0 Å². The second-order valence-electron chi connectivity index (χ2n) is 5.88. The molecule has 8 heteroatoms. The summed E-state index contributed by atoms with van der Waals surface area (Å²) in [6.07, 6.45) is 0.936. The first-order chi connectivity index (χ1) is 12.2. The van der Waals surface area contributed by atoms with Gasteiger partial charge in [0.2, 0.25) is 0 Å². The van der Waals surface area contributed by atoms with Gasteiger partial charge in [0, 0.05) is 12.1 Å². The zero-order valence-corrected chi connectivity index (χ0v) is 16.3. The van der Waals surface area contributed by atoms with Gasteiger partial charge in [-0.05, 0) is 25.5 Å². The molecule has 0 atom stereocenters. The molecule has 5 nitrogen and oxygen atoms in total. The van der Waals surface area contributed by atoms with E-state index in [0.29, 0.717) is 15.6 Å². The van der Waals surface area contributed by atoms with E-state index in [2.05, 4.69) is 0 Å². The van der Waals surface area contributed by atoms with E-state index in [9.17, 15) is 13.2 Å². The minimum absolute atomic E-state index is 0.0139. The summed E-state index contributed by atoms with van der Waals surface area (Å²) < 4.78 is 32.1. The van der Waals surface area contributed by atoms with Crippen molar-refractivity contribution in [3.8, 4) is 5.75 Å². The fourth-order valence-corrected chi connectivity index (χ4v) is 4.63. The molecule has 0 spiro atoms. The lowest BCUT2D eigenvalue weighted by molar-refractivity contribution is -0.112. The molecule has 2 aromatic carbocycles. The summed E-state index contributed by atoms with van der Waals surface area (Å²) in [5.41, 5.74) is 0.408. The molecule has 1 aliphatic rings. The Labute approximate surface area is 161 Å². The topological polar surface area (TPSA) is 63.7 Å². The number of benzene rings is 2. The zero-order chi connectivity index (χ0) is 19.1. The molecule has 0 saturated heterocycles. The van der Waals surface area contributed by atoms with Crippen molar-refractivity contribution in [3.05, 3.63) is 64.1 Å². The molecule has 3 rings (SSSR count). The maximum Gasteiger partial charge on any atom is 0.272 e. The largest absolute Gasteiger partial charge is 0.489 e. The molecule has 0 N–H and O–H groups in total. The second-order valence-corrected chi connectivity index (χ2v) is 8.45. The zero-order valence-electron chi connectivity index (χ0n) is 13.9. The van der Waals surface area contributed by atoms with E-state index in [-0.39, 0.29) is 26.7 Å². The highest BCUT2D eigenvalue weighted by molar-refractivity contribution is 8.03. The minimum Gasteiger partial charge on any atom is -0.489 e. The van der Waals surface area contributed by atoms with Gasteiger partial charge < -0.3 is 4.74 Å². The average molecular weight is 412 g/mol. The van der Waals surface area contributed by atoms with E-state index < -0.39 is 15.9 Å². The molecule has 0 bridgehead atoms. The van der Waals surface area contributed by atoms with Gasteiger partial charge in [-0.2, -0.15) is 4.31 Å². The van der Waals surface area contributed by atoms with Crippen LogP contribution in [0.15, 0.2) is 48.5 Å². The Balaban J connectivity index is 2.06. The number of rotatable bonds is 4. The highest BCUT2D eigenvalue weighted by Gasteiger charge is 2.40. The summed E-state index contributed by atoms with van der Waals surface area (Å²) in [6, 6.07) is 11.1. The van der Waals surface area contributed by atoms with Crippen LogP contribution in [0.25, 0.3) is 4.91 Å². The number of hydrogen-bond acceptors (Lipinski definition) is 4. The average Bonchev–Trinajstić information content (AvgIpc) is 2.80. The molecule has 0 aliphatic carbocycles. The summed E-state index contributed by atoms with van der Waals surface area (Å²) >= 11 is 12.4. The van der Waals surface area contributed by atoms with Crippen molar-refractivity contribution in [1.29, 1.82) is 0 Å². The Hall–Kier alpha value is -2.02. The maximum atomic E-state index is 12.9. The Bertz CT molecular complexity index is 1000. The van der Waals surface area contributed by atoms with Crippen molar-refractivity contribution in [2.45, 2.75) is 20.0 Å². The van der Waals surface area contributed by atoms with Crippen LogP contribution < -0.4 is 9.04 Å². The first kappa shape index (κ1) is 18.8. The van der Waals surface area contributed by atoms with Gasteiger partial charge in [-0.1, -0.05) is 53.5 Å². The van der Waals surface area contributed by atoms with Crippen LogP contribution in [0.4, 0.5) is 5.69 Å². The predicted octanol–water partition coefficient (Wildman–Crippen LogP) is 4.50. The number of halogens is 2. The van der Waals surface area contributed by atoms with Crippen LogP contribution in [-0.4, -0.2) is 20.4 Å².